The molecule has 1 atom stereocenters. The highest BCUT2D eigenvalue weighted by Crippen LogP contribution is 2.45. The van der Waals surface area contributed by atoms with E-state index >= 15 is 0 Å². The molecule has 4 heteroatoms. The highest BCUT2D eigenvalue weighted by molar-refractivity contribution is 5.67. The molecule has 1 rings (SSSR count). The predicted molar refractivity (Wildman–Crippen MR) is 57.0 cm³/mol. The smallest absolute Gasteiger partial charge is 0.304 e. The van der Waals surface area contributed by atoms with E-state index in [1.54, 1.807) is 0 Å². The van der Waals surface area contributed by atoms with Gasteiger partial charge in [-0.3, -0.25) is 4.79 Å². The zero-order valence-electron chi connectivity index (χ0n) is 9.74. The van der Waals surface area contributed by atoms with Crippen LogP contribution in [0.15, 0.2) is 0 Å². The van der Waals surface area contributed by atoms with Crippen LogP contribution in [0.4, 0.5) is 0 Å². The molecule has 0 N–H and O–H groups in total. The maximum atomic E-state index is 11.2. The van der Waals surface area contributed by atoms with Crippen LogP contribution in [0.2, 0.25) is 0 Å². The molecular formula is C12H15NO3. The van der Waals surface area contributed by atoms with E-state index in [4.69, 9.17) is 15.9 Å². The number of carbonyl (C=O) groups is 1. The molecule has 86 valence electrons. The van der Waals surface area contributed by atoms with E-state index in [1.165, 1.54) is 6.92 Å². The van der Waals surface area contributed by atoms with Crippen LogP contribution in [0, 0.1) is 35.0 Å². The van der Waals surface area contributed by atoms with Gasteiger partial charge in [0.25, 0.3) is 0 Å². The number of nitriles is 1. The second-order valence-corrected chi connectivity index (χ2v) is 4.32. The third kappa shape index (κ3) is 1.56. The van der Waals surface area contributed by atoms with E-state index in [0.29, 0.717) is 0 Å². The van der Waals surface area contributed by atoms with E-state index in [9.17, 15) is 10.1 Å². The number of carbonyl (C=O) groups excluding carboxylic acids is 1. The Morgan fingerprint density at radius 2 is 2.19 bits per heavy atom. The van der Waals surface area contributed by atoms with Crippen LogP contribution >= 0.6 is 0 Å². The van der Waals surface area contributed by atoms with Crippen molar-refractivity contribution in [2.75, 3.05) is 13.2 Å². The zero-order valence-corrected chi connectivity index (χ0v) is 9.74. The molecule has 0 amide bonds. The van der Waals surface area contributed by atoms with E-state index in [1.807, 2.05) is 13.8 Å². The second-order valence-electron chi connectivity index (χ2n) is 4.32. The van der Waals surface area contributed by atoms with Gasteiger partial charge in [-0.2, -0.15) is 5.26 Å². The van der Waals surface area contributed by atoms with Crippen molar-refractivity contribution in [3.63, 3.8) is 0 Å². The first-order valence-electron chi connectivity index (χ1n) is 5.10. The van der Waals surface area contributed by atoms with Gasteiger partial charge in [0.05, 0.1) is 19.3 Å². The minimum absolute atomic E-state index is 0.148. The molecule has 4 nitrogen and oxygen atoms in total. The maximum Gasteiger partial charge on any atom is 0.304 e. The van der Waals surface area contributed by atoms with Gasteiger partial charge >= 0.3 is 5.97 Å². The number of nitrogens with zero attached hydrogens (tertiary/aromatic N) is 1. The number of ether oxygens (including phenoxy) is 2. The van der Waals surface area contributed by atoms with E-state index in [0.717, 1.165) is 0 Å². The van der Waals surface area contributed by atoms with E-state index < -0.39 is 17.0 Å². The molecular weight excluding hydrogens is 206 g/mol. The van der Waals surface area contributed by atoms with Crippen LogP contribution in [0.5, 0.6) is 0 Å². The van der Waals surface area contributed by atoms with Gasteiger partial charge in [0.1, 0.15) is 0 Å². The van der Waals surface area contributed by atoms with Gasteiger partial charge in [-0.25, -0.2) is 0 Å². The molecule has 0 aromatic rings. The third-order valence-corrected chi connectivity index (χ3v) is 2.95. The molecule has 0 aromatic carbocycles. The van der Waals surface area contributed by atoms with Gasteiger partial charge < -0.3 is 9.47 Å². The molecule has 0 radical (unpaired) electrons. The highest BCUT2D eigenvalue weighted by atomic mass is 16.6. The van der Waals surface area contributed by atoms with Crippen molar-refractivity contribution >= 4 is 5.97 Å². The first-order valence-corrected chi connectivity index (χ1v) is 5.10. The molecule has 0 aliphatic carbocycles. The second kappa shape index (κ2) is 4.15. The fourth-order valence-corrected chi connectivity index (χ4v) is 2.00. The first kappa shape index (κ1) is 12.5. The lowest BCUT2D eigenvalue weighted by Gasteiger charge is -2.48. The van der Waals surface area contributed by atoms with Crippen LogP contribution < -0.4 is 0 Å². The lowest BCUT2D eigenvalue weighted by molar-refractivity contribution is -0.206. The number of rotatable bonds is 3. The highest BCUT2D eigenvalue weighted by Gasteiger charge is 2.60. The predicted octanol–water partition coefficient (Wildman–Crippen LogP) is 1.12. The van der Waals surface area contributed by atoms with Gasteiger partial charge in [-0.15, -0.1) is 6.42 Å². The summed E-state index contributed by atoms with van der Waals surface area (Å²) in [5.74, 6) is 1.87. The Morgan fingerprint density at radius 1 is 1.62 bits per heavy atom. The molecule has 1 aliphatic rings. The SMILES string of the molecule is C#C[C@](OC(C)=O)(C(C)C)C1(C#N)COC1. The van der Waals surface area contributed by atoms with Gasteiger partial charge in [-0.05, 0) is 0 Å². The maximum absolute atomic E-state index is 11.2. The van der Waals surface area contributed by atoms with E-state index in [-0.39, 0.29) is 19.1 Å². The zero-order chi connectivity index (χ0) is 12.4. The van der Waals surface area contributed by atoms with Crippen LogP contribution in [-0.4, -0.2) is 24.8 Å². The Balaban J connectivity index is 3.18. The minimum atomic E-state index is -1.20. The van der Waals surface area contributed by atoms with Crippen molar-refractivity contribution in [2.45, 2.75) is 26.4 Å². The summed E-state index contributed by atoms with van der Waals surface area (Å²) in [6.45, 7) is 5.37. The Labute approximate surface area is 95.5 Å². The van der Waals surface area contributed by atoms with Gasteiger partial charge in [0.15, 0.2) is 11.0 Å². The van der Waals surface area contributed by atoms with E-state index in [2.05, 4.69) is 12.0 Å². The molecule has 1 aliphatic heterocycles. The summed E-state index contributed by atoms with van der Waals surface area (Å²) in [6.07, 6.45) is 5.49. The van der Waals surface area contributed by atoms with Crippen LogP contribution in [0.3, 0.4) is 0 Å². The lowest BCUT2D eigenvalue weighted by Crippen LogP contribution is -2.62. The average Bonchev–Trinajstić information content (AvgIpc) is 2.14. The summed E-state index contributed by atoms with van der Waals surface area (Å²) in [5, 5.41) is 9.25. The molecule has 0 saturated carbocycles. The Morgan fingerprint density at radius 3 is 2.38 bits per heavy atom. The van der Waals surface area contributed by atoms with Crippen LogP contribution in [0.25, 0.3) is 0 Å². The number of terminal acetylenes is 1. The summed E-state index contributed by atoms with van der Waals surface area (Å²) < 4.78 is 10.3. The summed E-state index contributed by atoms with van der Waals surface area (Å²) in [7, 11) is 0. The number of hydrogen-bond acceptors (Lipinski definition) is 4. The Hall–Kier alpha value is -1.52. The molecule has 0 unspecified atom stereocenters. The standard InChI is InChI=1S/C12H15NO3/c1-5-12(9(2)3,16-10(4)14)11(6-13)7-15-8-11/h1,9H,7-8H2,2-4H3/t12-/m0/s1. The Bertz CT molecular complexity index is 371. The van der Waals surface area contributed by atoms with Crippen molar-refractivity contribution in [1.29, 1.82) is 5.26 Å². The first-order chi connectivity index (χ1) is 7.44. The molecule has 1 fully saturated rings. The molecule has 1 heterocycles. The summed E-state index contributed by atoms with van der Waals surface area (Å²) in [4.78, 5) is 11.2. The van der Waals surface area contributed by atoms with Gasteiger partial charge in [0.2, 0.25) is 0 Å². The molecule has 0 spiro atoms. The third-order valence-electron chi connectivity index (χ3n) is 2.95. The fraction of sp³-hybridized carbons (Fsp3) is 0.667. The van der Waals surface area contributed by atoms with Crippen LogP contribution in [-0.2, 0) is 14.3 Å². The van der Waals surface area contributed by atoms with Crippen molar-refractivity contribution in [3.05, 3.63) is 0 Å². The monoisotopic (exact) mass is 221 g/mol. The number of hydrogen-bond donors (Lipinski definition) is 0. The summed E-state index contributed by atoms with van der Waals surface area (Å²) >= 11 is 0. The molecule has 0 bridgehead atoms. The molecule has 16 heavy (non-hydrogen) atoms. The minimum Gasteiger partial charge on any atom is -0.444 e. The largest absolute Gasteiger partial charge is 0.444 e. The fourth-order valence-electron chi connectivity index (χ4n) is 2.00. The van der Waals surface area contributed by atoms with Crippen molar-refractivity contribution in [2.24, 2.45) is 11.3 Å². The summed E-state index contributed by atoms with van der Waals surface area (Å²) in [6, 6.07) is 2.15. The molecule has 1 saturated heterocycles. The summed E-state index contributed by atoms with van der Waals surface area (Å²) in [5.41, 5.74) is -2.12. The van der Waals surface area contributed by atoms with Crippen molar-refractivity contribution in [1.82, 2.24) is 0 Å². The molecule has 0 aromatic heterocycles. The van der Waals surface area contributed by atoms with Gasteiger partial charge in [0, 0.05) is 12.8 Å². The quantitative estimate of drug-likeness (QED) is 0.529. The van der Waals surface area contributed by atoms with Crippen molar-refractivity contribution < 1.29 is 14.3 Å². The van der Waals surface area contributed by atoms with Crippen molar-refractivity contribution in [3.8, 4) is 18.4 Å². The van der Waals surface area contributed by atoms with Crippen LogP contribution in [0.1, 0.15) is 20.8 Å². The lowest BCUT2D eigenvalue weighted by atomic mass is 9.66. The average molecular weight is 221 g/mol. The Kier molecular flexibility index (Phi) is 3.26. The van der Waals surface area contributed by atoms with Gasteiger partial charge in [-0.1, -0.05) is 19.8 Å². The topological polar surface area (TPSA) is 59.3 Å². The number of esters is 1. The normalized spacial score (nSPS) is 21.1.